The van der Waals surface area contributed by atoms with Gasteiger partial charge >= 0.3 is 0 Å². The van der Waals surface area contributed by atoms with E-state index in [9.17, 15) is 14.4 Å². The Bertz CT molecular complexity index is 880. The van der Waals surface area contributed by atoms with Crippen LogP contribution in [-0.4, -0.2) is 24.3 Å². The maximum Gasteiger partial charge on any atom is 0.273 e. The predicted octanol–water partition coefficient (Wildman–Crippen LogP) is 3.27. The van der Waals surface area contributed by atoms with E-state index in [0.717, 1.165) is 17.5 Å². The number of rotatable bonds is 8. The molecule has 0 atom stereocenters. The molecule has 7 heteroatoms. The lowest BCUT2D eigenvalue weighted by molar-refractivity contribution is -0.124. The Morgan fingerprint density at radius 1 is 0.897 bits per heavy atom. The molecule has 0 radical (unpaired) electrons. The van der Waals surface area contributed by atoms with E-state index >= 15 is 0 Å². The number of carbonyl (C=O) groups is 3. The zero-order valence-electron chi connectivity index (χ0n) is 17.0. The van der Waals surface area contributed by atoms with Crippen LogP contribution in [0, 0.1) is 13.8 Å². The van der Waals surface area contributed by atoms with Crippen molar-refractivity contribution in [3.8, 4) is 5.75 Å². The lowest BCUT2D eigenvalue weighted by Gasteiger charge is -2.12. The highest BCUT2D eigenvalue weighted by Gasteiger charge is 2.13. The highest BCUT2D eigenvalue weighted by Crippen LogP contribution is 2.18. The Morgan fingerprint density at radius 3 is 2.34 bits per heavy atom. The molecule has 154 valence electrons. The van der Waals surface area contributed by atoms with Gasteiger partial charge in [0.15, 0.2) is 0 Å². The van der Waals surface area contributed by atoms with Crippen LogP contribution in [0.15, 0.2) is 42.5 Å². The average Bonchev–Trinajstić information content (AvgIpc) is 2.71. The number of carbonyl (C=O) groups excluding carboxylic acids is 3. The summed E-state index contributed by atoms with van der Waals surface area (Å²) in [5.74, 6) is -0.757. The molecule has 0 spiro atoms. The van der Waals surface area contributed by atoms with Crippen molar-refractivity contribution in [3.05, 3.63) is 59.2 Å². The molecular formula is C22H27N3O4. The van der Waals surface area contributed by atoms with Crippen LogP contribution in [0.1, 0.15) is 47.7 Å². The smallest absolute Gasteiger partial charge is 0.273 e. The topological polar surface area (TPSA) is 96.5 Å². The van der Waals surface area contributed by atoms with E-state index in [-0.39, 0.29) is 18.7 Å². The molecule has 0 aliphatic rings. The lowest BCUT2D eigenvalue weighted by Crippen LogP contribution is -2.42. The van der Waals surface area contributed by atoms with Gasteiger partial charge in [-0.15, -0.1) is 0 Å². The second-order valence-corrected chi connectivity index (χ2v) is 6.69. The fourth-order valence-corrected chi connectivity index (χ4v) is 2.52. The molecule has 3 N–H and O–H groups in total. The van der Waals surface area contributed by atoms with Crippen molar-refractivity contribution < 1.29 is 19.1 Å². The molecule has 0 aliphatic heterocycles. The lowest BCUT2D eigenvalue weighted by atomic mass is 10.1. The van der Waals surface area contributed by atoms with Gasteiger partial charge in [-0.2, -0.15) is 0 Å². The maximum absolute atomic E-state index is 12.3. The molecule has 7 nitrogen and oxygen atoms in total. The fourth-order valence-electron chi connectivity index (χ4n) is 2.52. The van der Waals surface area contributed by atoms with Crippen LogP contribution in [0.25, 0.3) is 0 Å². The van der Waals surface area contributed by atoms with Crippen molar-refractivity contribution >= 4 is 23.4 Å². The molecule has 3 amide bonds. The molecule has 2 aromatic carbocycles. The van der Waals surface area contributed by atoms with Crippen LogP contribution < -0.4 is 20.9 Å². The van der Waals surface area contributed by atoms with Gasteiger partial charge in [-0.1, -0.05) is 25.1 Å². The molecule has 0 aromatic heterocycles. The first-order valence-corrected chi connectivity index (χ1v) is 9.58. The first-order chi connectivity index (χ1) is 13.9. The predicted molar refractivity (Wildman–Crippen MR) is 112 cm³/mol. The van der Waals surface area contributed by atoms with E-state index in [1.807, 2.05) is 39.0 Å². The molecule has 0 heterocycles. The normalized spacial score (nSPS) is 10.2. The molecule has 0 aliphatic carbocycles. The quantitative estimate of drug-likeness (QED) is 0.596. The van der Waals surface area contributed by atoms with Crippen LogP contribution in [0.2, 0.25) is 0 Å². The summed E-state index contributed by atoms with van der Waals surface area (Å²) in [5, 5.41) is 2.76. The molecular weight excluding hydrogens is 370 g/mol. The van der Waals surface area contributed by atoms with Gasteiger partial charge in [0.2, 0.25) is 11.8 Å². The molecule has 0 saturated heterocycles. The second kappa shape index (κ2) is 10.8. The van der Waals surface area contributed by atoms with Gasteiger partial charge in [0.05, 0.1) is 12.2 Å². The van der Waals surface area contributed by atoms with Crippen molar-refractivity contribution in [2.75, 3.05) is 11.9 Å². The summed E-state index contributed by atoms with van der Waals surface area (Å²) in [6, 6.07) is 12.4. The van der Waals surface area contributed by atoms with E-state index in [1.54, 1.807) is 24.3 Å². The third kappa shape index (κ3) is 6.95. The van der Waals surface area contributed by atoms with Crippen molar-refractivity contribution in [2.24, 2.45) is 0 Å². The highest BCUT2D eigenvalue weighted by atomic mass is 16.5. The number of hydrogen-bond acceptors (Lipinski definition) is 4. The Hall–Kier alpha value is -3.35. The highest BCUT2D eigenvalue weighted by molar-refractivity contribution is 5.98. The third-order valence-electron chi connectivity index (χ3n) is 4.28. The van der Waals surface area contributed by atoms with Gasteiger partial charge < -0.3 is 10.1 Å². The van der Waals surface area contributed by atoms with Gasteiger partial charge in [0.25, 0.3) is 5.91 Å². The number of hydrazine groups is 1. The standard InChI is InChI=1S/C22H27N3O4/c1-4-13-29-19-8-6-5-7-18(19)22(28)25-24-21(27)12-11-20(26)23-17-10-9-15(2)16(3)14-17/h5-10,14H,4,11-13H2,1-3H3,(H,23,26)(H,24,27)(H,25,28). The van der Waals surface area contributed by atoms with Gasteiger partial charge in [-0.05, 0) is 55.7 Å². The third-order valence-corrected chi connectivity index (χ3v) is 4.28. The van der Waals surface area contributed by atoms with Gasteiger partial charge in [0.1, 0.15) is 5.75 Å². The number of hydrogen-bond donors (Lipinski definition) is 3. The summed E-state index contributed by atoms with van der Waals surface area (Å²) in [6.07, 6.45) is 0.771. The zero-order chi connectivity index (χ0) is 21.2. The number of benzene rings is 2. The number of anilines is 1. The van der Waals surface area contributed by atoms with Crippen molar-refractivity contribution in [1.82, 2.24) is 10.9 Å². The van der Waals surface area contributed by atoms with Crippen LogP contribution in [0.5, 0.6) is 5.75 Å². The van der Waals surface area contributed by atoms with Gasteiger partial charge in [-0.3, -0.25) is 25.2 Å². The van der Waals surface area contributed by atoms with E-state index in [4.69, 9.17) is 4.74 Å². The Balaban J connectivity index is 1.78. The van der Waals surface area contributed by atoms with Gasteiger partial charge in [0, 0.05) is 18.5 Å². The molecule has 0 fully saturated rings. The monoisotopic (exact) mass is 397 g/mol. The van der Waals surface area contributed by atoms with Crippen molar-refractivity contribution in [1.29, 1.82) is 0 Å². The summed E-state index contributed by atoms with van der Waals surface area (Å²) in [5.41, 5.74) is 7.91. The SMILES string of the molecule is CCCOc1ccccc1C(=O)NNC(=O)CCC(=O)Nc1ccc(C)c(C)c1. The molecule has 0 bridgehead atoms. The van der Waals surface area contributed by atoms with Crippen LogP contribution >= 0.6 is 0 Å². The average molecular weight is 397 g/mol. The summed E-state index contributed by atoms with van der Waals surface area (Å²) in [7, 11) is 0. The van der Waals surface area contributed by atoms with E-state index in [2.05, 4.69) is 16.2 Å². The van der Waals surface area contributed by atoms with Crippen LogP contribution in [0.4, 0.5) is 5.69 Å². The fraction of sp³-hybridized carbons (Fsp3) is 0.318. The summed E-state index contributed by atoms with van der Waals surface area (Å²) in [6.45, 7) is 6.42. The van der Waals surface area contributed by atoms with E-state index in [0.29, 0.717) is 23.6 Å². The number of para-hydroxylation sites is 1. The van der Waals surface area contributed by atoms with Crippen molar-refractivity contribution in [2.45, 2.75) is 40.0 Å². The van der Waals surface area contributed by atoms with Crippen LogP contribution in [-0.2, 0) is 9.59 Å². The molecule has 0 unspecified atom stereocenters. The second-order valence-electron chi connectivity index (χ2n) is 6.69. The van der Waals surface area contributed by atoms with Gasteiger partial charge in [-0.25, -0.2) is 0 Å². The number of nitrogens with one attached hydrogen (secondary N) is 3. The molecule has 2 aromatic rings. The first-order valence-electron chi connectivity index (χ1n) is 9.58. The Labute approximate surface area is 170 Å². The molecule has 2 rings (SSSR count). The first kappa shape index (κ1) is 21.9. The molecule has 0 saturated carbocycles. The Morgan fingerprint density at radius 2 is 1.62 bits per heavy atom. The van der Waals surface area contributed by atoms with Crippen molar-refractivity contribution in [3.63, 3.8) is 0 Å². The van der Waals surface area contributed by atoms with Crippen LogP contribution in [0.3, 0.4) is 0 Å². The number of aryl methyl sites for hydroxylation is 2. The largest absolute Gasteiger partial charge is 0.493 e. The Kier molecular flexibility index (Phi) is 8.21. The number of ether oxygens (including phenoxy) is 1. The maximum atomic E-state index is 12.3. The molecule has 29 heavy (non-hydrogen) atoms. The summed E-state index contributed by atoms with van der Waals surface area (Å²) in [4.78, 5) is 36.3. The summed E-state index contributed by atoms with van der Waals surface area (Å²) >= 11 is 0. The minimum Gasteiger partial charge on any atom is -0.493 e. The number of amides is 3. The van der Waals surface area contributed by atoms with E-state index in [1.165, 1.54) is 0 Å². The van der Waals surface area contributed by atoms with E-state index < -0.39 is 11.8 Å². The zero-order valence-corrected chi connectivity index (χ0v) is 17.0. The summed E-state index contributed by atoms with van der Waals surface area (Å²) < 4.78 is 5.54. The minimum absolute atomic E-state index is 0.00479. The minimum atomic E-state index is -0.482.